The van der Waals surface area contributed by atoms with Crippen molar-refractivity contribution in [3.63, 3.8) is 0 Å². The van der Waals surface area contributed by atoms with E-state index < -0.39 is 0 Å². The molecule has 1 heterocycles. The fourth-order valence-corrected chi connectivity index (χ4v) is 3.52. The third kappa shape index (κ3) is 3.52. The SMILES string of the molecule is CN1CCc2ccccc2C1CC(=O)Nc1c(Cl)cccc1Cl. The van der Waals surface area contributed by atoms with Crippen molar-refractivity contribution in [1.82, 2.24) is 4.90 Å². The molecule has 0 aromatic heterocycles. The number of likely N-dealkylation sites (N-methyl/N-ethyl adjacent to an activating group) is 1. The number of anilines is 1. The summed E-state index contributed by atoms with van der Waals surface area (Å²) in [5, 5.41) is 3.74. The van der Waals surface area contributed by atoms with Crippen LogP contribution in [0.2, 0.25) is 10.0 Å². The first-order chi connectivity index (χ1) is 11.1. The summed E-state index contributed by atoms with van der Waals surface area (Å²) in [7, 11) is 2.05. The van der Waals surface area contributed by atoms with Crippen molar-refractivity contribution in [2.75, 3.05) is 18.9 Å². The summed E-state index contributed by atoms with van der Waals surface area (Å²) >= 11 is 12.2. The highest BCUT2D eigenvalue weighted by atomic mass is 35.5. The van der Waals surface area contributed by atoms with E-state index in [1.807, 2.05) is 12.1 Å². The van der Waals surface area contributed by atoms with Gasteiger partial charge in [0.1, 0.15) is 0 Å². The van der Waals surface area contributed by atoms with Gasteiger partial charge in [0.05, 0.1) is 15.7 Å². The van der Waals surface area contributed by atoms with Crippen molar-refractivity contribution in [1.29, 1.82) is 0 Å². The maximum atomic E-state index is 12.5. The number of halogens is 2. The summed E-state index contributed by atoms with van der Waals surface area (Å²) in [6.07, 6.45) is 1.39. The van der Waals surface area contributed by atoms with Crippen LogP contribution in [0.5, 0.6) is 0 Å². The molecule has 1 unspecified atom stereocenters. The van der Waals surface area contributed by atoms with E-state index in [1.54, 1.807) is 18.2 Å². The Bertz CT molecular complexity index is 712. The lowest BCUT2D eigenvalue weighted by Crippen LogP contribution is -2.34. The van der Waals surface area contributed by atoms with E-state index in [1.165, 1.54) is 11.1 Å². The van der Waals surface area contributed by atoms with Gasteiger partial charge in [-0.2, -0.15) is 0 Å². The quantitative estimate of drug-likeness (QED) is 0.882. The van der Waals surface area contributed by atoms with Crippen LogP contribution in [0.1, 0.15) is 23.6 Å². The number of para-hydroxylation sites is 1. The molecular formula is C18H18Cl2N2O. The normalized spacial score (nSPS) is 17.6. The number of nitrogens with one attached hydrogen (secondary N) is 1. The van der Waals surface area contributed by atoms with Gasteiger partial charge in [-0.1, -0.05) is 53.5 Å². The van der Waals surface area contributed by atoms with Crippen LogP contribution < -0.4 is 5.32 Å². The lowest BCUT2D eigenvalue weighted by atomic mass is 9.91. The second-order valence-electron chi connectivity index (χ2n) is 5.79. The van der Waals surface area contributed by atoms with Gasteiger partial charge in [0.2, 0.25) is 5.91 Å². The lowest BCUT2D eigenvalue weighted by molar-refractivity contribution is -0.117. The van der Waals surface area contributed by atoms with E-state index in [-0.39, 0.29) is 11.9 Å². The second kappa shape index (κ2) is 6.91. The van der Waals surface area contributed by atoms with Crippen LogP contribution in [0.25, 0.3) is 0 Å². The first-order valence-corrected chi connectivity index (χ1v) is 8.34. The Kier molecular flexibility index (Phi) is 4.90. The van der Waals surface area contributed by atoms with Crippen LogP contribution in [-0.2, 0) is 11.2 Å². The van der Waals surface area contributed by atoms with Gasteiger partial charge in [-0.25, -0.2) is 0 Å². The van der Waals surface area contributed by atoms with Gasteiger partial charge in [0.15, 0.2) is 0 Å². The molecule has 0 fully saturated rings. The Balaban J connectivity index is 1.78. The predicted octanol–water partition coefficient (Wildman–Crippen LogP) is 4.55. The molecule has 2 aromatic rings. The Labute approximate surface area is 146 Å². The summed E-state index contributed by atoms with van der Waals surface area (Å²) in [6.45, 7) is 0.946. The van der Waals surface area contributed by atoms with Crippen LogP contribution in [0.15, 0.2) is 42.5 Å². The Morgan fingerprint density at radius 3 is 2.61 bits per heavy atom. The molecule has 2 aromatic carbocycles. The molecule has 0 saturated heterocycles. The van der Waals surface area contributed by atoms with Crippen molar-refractivity contribution in [2.24, 2.45) is 0 Å². The average Bonchev–Trinajstić information content (AvgIpc) is 2.54. The van der Waals surface area contributed by atoms with Gasteiger partial charge in [0, 0.05) is 19.0 Å². The predicted molar refractivity (Wildman–Crippen MR) is 95.2 cm³/mol. The average molecular weight is 349 g/mol. The maximum absolute atomic E-state index is 12.5. The van der Waals surface area contributed by atoms with Crippen LogP contribution in [0, 0.1) is 0 Å². The van der Waals surface area contributed by atoms with Crippen LogP contribution in [0.3, 0.4) is 0 Å². The number of hydrogen-bond acceptors (Lipinski definition) is 2. The number of fused-ring (bicyclic) bond motifs is 1. The summed E-state index contributed by atoms with van der Waals surface area (Å²) in [5.74, 6) is -0.0893. The zero-order valence-electron chi connectivity index (χ0n) is 12.9. The number of rotatable bonds is 3. The van der Waals surface area contributed by atoms with Gasteiger partial charge < -0.3 is 5.32 Å². The summed E-state index contributed by atoms with van der Waals surface area (Å²) in [4.78, 5) is 14.7. The van der Waals surface area contributed by atoms with Crippen molar-refractivity contribution >= 4 is 34.8 Å². The molecule has 120 valence electrons. The van der Waals surface area contributed by atoms with Crippen molar-refractivity contribution < 1.29 is 4.79 Å². The van der Waals surface area contributed by atoms with E-state index in [0.717, 1.165) is 13.0 Å². The third-order valence-electron chi connectivity index (χ3n) is 4.29. The van der Waals surface area contributed by atoms with E-state index in [2.05, 4.69) is 29.4 Å². The molecular weight excluding hydrogens is 331 g/mol. The zero-order valence-corrected chi connectivity index (χ0v) is 14.4. The van der Waals surface area contributed by atoms with Crippen LogP contribution in [-0.4, -0.2) is 24.4 Å². The van der Waals surface area contributed by atoms with Crippen LogP contribution >= 0.6 is 23.2 Å². The fraction of sp³-hybridized carbons (Fsp3) is 0.278. The summed E-state index contributed by atoms with van der Waals surface area (Å²) < 4.78 is 0. The molecule has 0 spiro atoms. The first-order valence-electron chi connectivity index (χ1n) is 7.58. The van der Waals surface area contributed by atoms with Gasteiger partial charge in [0.25, 0.3) is 0 Å². The van der Waals surface area contributed by atoms with Crippen molar-refractivity contribution in [3.05, 3.63) is 63.6 Å². The monoisotopic (exact) mass is 348 g/mol. The molecule has 23 heavy (non-hydrogen) atoms. The number of carbonyl (C=O) groups excluding carboxylic acids is 1. The van der Waals surface area contributed by atoms with E-state index in [0.29, 0.717) is 22.2 Å². The smallest absolute Gasteiger partial charge is 0.226 e. The Morgan fingerprint density at radius 1 is 1.17 bits per heavy atom. The molecule has 1 amide bonds. The minimum absolute atomic E-state index is 0.0706. The van der Waals surface area contributed by atoms with Crippen molar-refractivity contribution in [2.45, 2.75) is 18.9 Å². The fourth-order valence-electron chi connectivity index (χ4n) is 3.03. The number of benzene rings is 2. The first kappa shape index (κ1) is 16.3. The lowest BCUT2D eigenvalue weighted by Gasteiger charge is -2.34. The minimum Gasteiger partial charge on any atom is -0.323 e. The highest BCUT2D eigenvalue weighted by Crippen LogP contribution is 2.33. The van der Waals surface area contributed by atoms with Gasteiger partial charge >= 0.3 is 0 Å². The highest BCUT2D eigenvalue weighted by Gasteiger charge is 2.26. The topological polar surface area (TPSA) is 32.3 Å². The van der Waals surface area contributed by atoms with E-state index in [9.17, 15) is 4.79 Å². The van der Waals surface area contributed by atoms with E-state index in [4.69, 9.17) is 23.2 Å². The molecule has 1 atom stereocenters. The number of amides is 1. The van der Waals surface area contributed by atoms with Gasteiger partial charge in [-0.3, -0.25) is 9.69 Å². The molecule has 0 aliphatic carbocycles. The standard InChI is InChI=1S/C18H18Cl2N2O/c1-22-10-9-12-5-2-3-6-13(12)16(22)11-17(23)21-18-14(19)7-4-8-15(18)20/h2-8,16H,9-11H2,1H3,(H,21,23). The third-order valence-corrected chi connectivity index (χ3v) is 4.92. The molecule has 0 saturated carbocycles. The van der Waals surface area contributed by atoms with Gasteiger partial charge in [-0.05, 0) is 36.7 Å². The summed E-state index contributed by atoms with van der Waals surface area (Å²) in [5.41, 5.74) is 3.02. The zero-order chi connectivity index (χ0) is 16.4. The Morgan fingerprint density at radius 2 is 1.87 bits per heavy atom. The van der Waals surface area contributed by atoms with Crippen molar-refractivity contribution in [3.8, 4) is 0 Å². The van der Waals surface area contributed by atoms with Crippen LogP contribution in [0.4, 0.5) is 5.69 Å². The summed E-state index contributed by atoms with van der Waals surface area (Å²) in [6, 6.07) is 13.6. The largest absolute Gasteiger partial charge is 0.323 e. The number of hydrogen-bond donors (Lipinski definition) is 1. The Hall–Kier alpha value is -1.55. The second-order valence-corrected chi connectivity index (χ2v) is 6.61. The molecule has 3 nitrogen and oxygen atoms in total. The molecule has 1 N–H and O–H groups in total. The van der Waals surface area contributed by atoms with Gasteiger partial charge in [-0.15, -0.1) is 0 Å². The number of nitrogens with zero attached hydrogens (tertiary/aromatic N) is 1. The highest BCUT2D eigenvalue weighted by molar-refractivity contribution is 6.39. The molecule has 5 heteroatoms. The molecule has 3 rings (SSSR count). The minimum atomic E-state index is -0.0893. The van der Waals surface area contributed by atoms with E-state index >= 15 is 0 Å². The maximum Gasteiger partial charge on any atom is 0.226 e. The molecule has 0 radical (unpaired) electrons. The molecule has 1 aliphatic rings. The number of carbonyl (C=O) groups is 1. The molecule has 0 bridgehead atoms. The molecule has 1 aliphatic heterocycles.